The van der Waals surface area contributed by atoms with Gasteiger partial charge >= 0.3 is 11.9 Å². The summed E-state index contributed by atoms with van der Waals surface area (Å²) in [5.41, 5.74) is 3.05. The van der Waals surface area contributed by atoms with Crippen LogP contribution in [0.1, 0.15) is 19.4 Å². The lowest BCUT2D eigenvalue weighted by Crippen LogP contribution is -2.46. The molecule has 2 aliphatic heterocycles. The van der Waals surface area contributed by atoms with E-state index in [2.05, 4.69) is 23.6 Å². The van der Waals surface area contributed by atoms with Crippen LogP contribution in [-0.2, 0) is 25.7 Å². The summed E-state index contributed by atoms with van der Waals surface area (Å²) in [5, 5.41) is 26.3. The number of hydrogen-bond donors (Lipinski definition) is 3. The number of aliphatic carboxylic acids is 2. The molecule has 3 aromatic rings. The summed E-state index contributed by atoms with van der Waals surface area (Å²) in [7, 11) is 1.60. The van der Waals surface area contributed by atoms with Crippen molar-refractivity contribution in [3.05, 3.63) is 48.0 Å². The molecule has 4 heterocycles. The first-order chi connectivity index (χ1) is 20.2. The molecule has 42 heavy (non-hydrogen) atoms. The average Bonchev–Trinajstić information content (AvgIpc) is 2.99. The van der Waals surface area contributed by atoms with E-state index in [4.69, 9.17) is 39.4 Å². The third kappa shape index (κ3) is 7.29. The molecule has 0 unspecified atom stereocenters. The van der Waals surface area contributed by atoms with E-state index in [1.54, 1.807) is 7.11 Å². The van der Waals surface area contributed by atoms with Crippen LogP contribution >= 0.6 is 0 Å². The molecule has 5 rings (SSSR count). The van der Waals surface area contributed by atoms with E-state index in [1.165, 1.54) is 0 Å². The minimum Gasteiger partial charge on any atom is -0.496 e. The number of aliphatic hydroxyl groups is 1. The maximum absolute atomic E-state index is 9.75. The molecule has 2 saturated heterocycles. The molecule has 2 aliphatic rings. The van der Waals surface area contributed by atoms with Crippen molar-refractivity contribution in [1.29, 1.82) is 0 Å². The molecule has 0 amide bonds. The summed E-state index contributed by atoms with van der Waals surface area (Å²) >= 11 is 0. The van der Waals surface area contributed by atoms with E-state index < -0.39 is 11.9 Å². The number of fused-ring (bicyclic) bond motifs is 1. The highest BCUT2D eigenvalue weighted by molar-refractivity contribution is 5.90. The predicted octanol–water partition coefficient (Wildman–Crippen LogP) is 2.35. The molecule has 13 heteroatoms. The van der Waals surface area contributed by atoms with E-state index in [9.17, 15) is 14.7 Å². The topological polar surface area (TPSA) is 168 Å². The highest BCUT2D eigenvalue weighted by Gasteiger charge is 2.27. The standard InChI is InChI=1S/C25H31N5O4.C4H4O4/c1-16-14-33-10-8-29(16)24-20-5-6-21(18-4-7-22(32-3)19(12-18)13-31)26-23(20)27-25(28-24)30-9-11-34-15-17(30)2;5-3(6)1-2-4(7)8/h4-7,12,16-17,31H,8-11,13-15H2,1-3H3;1-2H,(H,5,6)(H,7,8)/t16-,17-;/m0./s1. The highest BCUT2D eigenvalue weighted by atomic mass is 16.5. The Labute approximate surface area is 243 Å². The molecule has 0 aliphatic carbocycles. The summed E-state index contributed by atoms with van der Waals surface area (Å²) in [6.45, 7) is 8.31. The average molecular weight is 582 g/mol. The number of carboxylic acids is 2. The highest BCUT2D eigenvalue weighted by Crippen LogP contribution is 2.32. The van der Waals surface area contributed by atoms with E-state index in [0.717, 1.165) is 41.1 Å². The number of carbonyl (C=O) groups is 2. The van der Waals surface area contributed by atoms with Crippen LogP contribution in [0.5, 0.6) is 5.75 Å². The van der Waals surface area contributed by atoms with Gasteiger partial charge in [0.2, 0.25) is 5.95 Å². The lowest BCUT2D eigenvalue weighted by molar-refractivity contribution is -0.134. The molecule has 0 spiro atoms. The quantitative estimate of drug-likeness (QED) is 0.348. The molecule has 2 fully saturated rings. The molecular formula is C29H35N5O8. The van der Waals surface area contributed by atoms with E-state index in [-0.39, 0.29) is 18.7 Å². The van der Waals surface area contributed by atoms with Crippen LogP contribution in [-0.4, -0.2) is 101 Å². The van der Waals surface area contributed by atoms with Gasteiger partial charge in [0.25, 0.3) is 0 Å². The van der Waals surface area contributed by atoms with Gasteiger partial charge in [-0.05, 0) is 44.2 Å². The fourth-order valence-electron chi connectivity index (χ4n) is 4.76. The fraction of sp³-hybridized carbons (Fsp3) is 0.414. The van der Waals surface area contributed by atoms with Crippen LogP contribution in [0, 0.1) is 0 Å². The summed E-state index contributed by atoms with van der Waals surface area (Å²) in [5.74, 6) is -0.298. The van der Waals surface area contributed by atoms with Crippen LogP contribution in [0.2, 0.25) is 0 Å². The first-order valence-electron chi connectivity index (χ1n) is 13.5. The minimum absolute atomic E-state index is 0.106. The summed E-state index contributed by atoms with van der Waals surface area (Å²) < 4.78 is 16.7. The van der Waals surface area contributed by atoms with Gasteiger partial charge in [-0.2, -0.15) is 9.97 Å². The summed E-state index contributed by atoms with van der Waals surface area (Å²) in [6.07, 6.45) is 1.12. The Kier molecular flexibility index (Phi) is 10.2. The number of rotatable bonds is 7. The number of methoxy groups -OCH3 is 1. The summed E-state index contributed by atoms with van der Waals surface area (Å²) in [4.78, 5) is 38.5. The lowest BCUT2D eigenvalue weighted by Gasteiger charge is -2.37. The van der Waals surface area contributed by atoms with Crippen molar-refractivity contribution < 1.29 is 39.1 Å². The number of carboxylic acid groups (broad SMARTS) is 2. The van der Waals surface area contributed by atoms with E-state index >= 15 is 0 Å². The SMILES string of the molecule is COc1ccc(-c2ccc3c(N4CCOC[C@@H]4C)nc(N4CCOC[C@@H]4C)nc3n2)cc1CO.O=C(O)C=CC(=O)O. The molecule has 0 radical (unpaired) electrons. The normalized spacial score (nSPS) is 19.0. The second kappa shape index (κ2) is 14.0. The van der Waals surface area contributed by atoms with Gasteiger partial charge in [-0.15, -0.1) is 0 Å². The number of pyridine rings is 1. The third-order valence-corrected chi connectivity index (χ3v) is 6.91. The van der Waals surface area contributed by atoms with Gasteiger partial charge in [0.15, 0.2) is 5.65 Å². The smallest absolute Gasteiger partial charge is 0.328 e. The maximum atomic E-state index is 9.75. The Morgan fingerprint density at radius 3 is 2.17 bits per heavy atom. The fourth-order valence-corrected chi connectivity index (χ4v) is 4.76. The van der Waals surface area contributed by atoms with Gasteiger partial charge < -0.3 is 39.3 Å². The molecular weight excluding hydrogens is 546 g/mol. The van der Waals surface area contributed by atoms with Gasteiger partial charge in [-0.1, -0.05) is 0 Å². The number of benzene rings is 1. The van der Waals surface area contributed by atoms with Crippen molar-refractivity contribution in [1.82, 2.24) is 15.0 Å². The van der Waals surface area contributed by atoms with Crippen molar-refractivity contribution in [2.24, 2.45) is 0 Å². The second-order valence-corrected chi connectivity index (χ2v) is 9.84. The molecule has 13 nitrogen and oxygen atoms in total. The Balaban J connectivity index is 0.000000446. The molecule has 1 aromatic carbocycles. The zero-order valence-electron chi connectivity index (χ0n) is 23.8. The predicted molar refractivity (Wildman–Crippen MR) is 155 cm³/mol. The number of nitrogens with zero attached hydrogens (tertiary/aromatic N) is 5. The second-order valence-electron chi connectivity index (χ2n) is 9.84. The van der Waals surface area contributed by atoms with Crippen molar-refractivity contribution in [3.63, 3.8) is 0 Å². The van der Waals surface area contributed by atoms with Crippen molar-refractivity contribution >= 4 is 34.7 Å². The number of morpholine rings is 2. The number of aromatic nitrogens is 3. The monoisotopic (exact) mass is 581 g/mol. The van der Waals surface area contributed by atoms with Crippen molar-refractivity contribution in [2.75, 3.05) is 56.4 Å². The van der Waals surface area contributed by atoms with Crippen LogP contribution in [0.15, 0.2) is 42.5 Å². The maximum Gasteiger partial charge on any atom is 0.328 e. The third-order valence-electron chi connectivity index (χ3n) is 6.91. The first-order valence-corrected chi connectivity index (χ1v) is 13.5. The van der Waals surface area contributed by atoms with E-state index in [0.29, 0.717) is 55.9 Å². The van der Waals surface area contributed by atoms with Gasteiger partial charge in [-0.25, -0.2) is 14.6 Å². The van der Waals surface area contributed by atoms with Gasteiger partial charge in [0, 0.05) is 36.4 Å². The largest absolute Gasteiger partial charge is 0.496 e. The molecule has 2 aromatic heterocycles. The number of anilines is 2. The Morgan fingerprint density at radius 1 is 0.952 bits per heavy atom. The lowest BCUT2D eigenvalue weighted by atomic mass is 10.1. The Hall–Kier alpha value is -4.33. The van der Waals surface area contributed by atoms with E-state index in [1.807, 2.05) is 30.3 Å². The molecule has 0 bridgehead atoms. The number of hydrogen-bond acceptors (Lipinski definition) is 11. The molecule has 224 valence electrons. The Bertz CT molecular complexity index is 1430. The summed E-state index contributed by atoms with van der Waals surface area (Å²) in [6, 6.07) is 10.1. The van der Waals surface area contributed by atoms with Crippen LogP contribution in [0.3, 0.4) is 0 Å². The number of aliphatic hydroxyl groups excluding tert-OH is 1. The van der Waals surface area contributed by atoms with Crippen molar-refractivity contribution in [3.8, 4) is 17.0 Å². The molecule has 3 N–H and O–H groups in total. The minimum atomic E-state index is -1.26. The van der Waals surface area contributed by atoms with Crippen LogP contribution in [0.25, 0.3) is 22.3 Å². The number of ether oxygens (including phenoxy) is 3. The van der Waals surface area contributed by atoms with Gasteiger partial charge in [0.05, 0.1) is 63.3 Å². The van der Waals surface area contributed by atoms with Crippen LogP contribution < -0.4 is 14.5 Å². The first kappa shape index (κ1) is 30.6. The molecule has 0 saturated carbocycles. The zero-order chi connectivity index (χ0) is 30.2. The van der Waals surface area contributed by atoms with Gasteiger partial charge in [-0.3, -0.25) is 0 Å². The van der Waals surface area contributed by atoms with Crippen LogP contribution in [0.4, 0.5) is 11.8 Å². The van der Waals surface area contributed by atoms with Crippen molar-refractivity contribution in [2.45, 2.75) is 32.5 Å². The van der Waals surface area contributed by atoms with Gasteiger partial charge in [0.1, 0.15) is 11.6 Å². The zero-order valence-corrected chi connectivity index (χ0v) is 23.8. The molecule has 2 atom stereocenters. The Morgan fingerprint density at radius 2 is 1.60 bits per heavy atom.